The summed E-state index contributed by atoms with van der Waals surface area (Å²) in [5, 5.41) is 2.67. The van der Waals surface area contributed by atoms with Gasteiger partial charge in [0.05, 0.1) is 17.2 Å². The fraction of sp³-hybridized carbons (Fsp3) is 0.286. The van der Waals surface area contributed by atoms with Gasteiger partial charge in [-0.3, -0.25) is 13.9 Å². The normalized spacial score (nSPS) is 11.9. The van der Waals surface area contributed by atoms with Crippen LogP contribution in [-0.4, -0.2) is 50.9 Å². The Labute approximate surface area is 223 Å². The van der Waals surface area contributed by atoms with Crippen molar-refractivity contribution in [3.05, 3.63) is 90.2 Å². The molecule has 0 saturated heterocycles. The van der Waals surface area contributed by atoms with Crippen LogP contribution in [0.2, 0.25) is 0 Å². The van der Waals surface area contributed by atoms with Gasteiger partial charge in [0.1, 0.15) is 24.2 Å². The van der Waals surface area contributed by atoms with E-state index in [-0.39, 0.29) is 22.7 Å². The van der Waals surface area contributed by atoms with Gasteiger partial charge in [-0.1, -0.05) is 36.4 Å². The van der Waals surface area contributed by atoms with Crippen LogP contribution in [0.15, 0.2) is 83.8 Å². The third kappa shape index (κ3) is 6.89. The number of nitrogens with one attached hydrogen (secondary N) is 1. The van der Waals surface area contributed by atoms with E-state index in [4.69, 9.17) is 4.74 Å². The predicted octanol–water partition coefficient (Wildman–Crippen LogP) is 3.97. The molecule has 10 heteroatoms. The lowest BCUT2D eigenvalue weighted by molar-refractivity contribution is -0.139. The summed E-state index contributed by atoms with van der Waals surface area (Å²) in [6, 6.07) is 19.0. The van der Waals surface area contributed by atoms with Gasteiger partial charge in [-0.2, -0.15) is 0 Å². The molecule has 0 aliphatic rings. The molecule has 3 aromatic carbocycles. The van der Waals surface area contributed by atoms with Gasteiger partial charge in [0, 0.05) is 18.7 Å². The number of nitrogens with zero attached hydrogens (tertiary/aromatic N) is 2. The van der Waals surface area contributed by atoms with Crippen molar-refractivity contribution in [1.82, 2.24) is 10.2 Å². The second kappa shape index (κ2) is 13.0. The molecule has 1 atom stereocenters. The van der Waals surface area contributed by atoms with Crippen LogP contribution in [0.1, 0.15) is 26.3 Å². The highest BCUT2D eigenvalue weighted by molar-refractivity contribution is 7.92. The molecule has 0 unspecified atom stereocenters. The molecule has 8 nitrogen and oxygen atoms in total. The van der Waals surface area contributed by atoms with Gasteiger partial charge >= 0.3 is 0 Å². The highest BCUT2D eigenvalue weighted by atomic mass is 32.2. The number of hydrogen-bond acceptors (Lipinski definition) is 5. The molecule has 0 fully saturated rings. The minimum atomic E-state index is -4.17. The smallest absolute Gasteiger partial charge is 0.264 e. The molecule has 3 aromatic rings. The Balaban J connectivity index is 2.02. The Morgan fingerprint density at radius 3 is 2.18 bits per heavy atom. The maximum absolute atomic E-state index is 14.5. The van der Waals surface area contributed by atoms with E-state index in [9.17, 15) is 22.4 Å². The van der Waals surface area contributed by atoms with Crippen molar-refractivity contribution in [3.63, 3.8) is 0 Å². The first-order valence-corrected chi connectivity index (χ1v) is 13.7. The first-order valence-electron chi connectivity index (χ1n) is 12.3. The Bertz CT molecular complexity index is 1330. The Hall–Kier alpha value is -3.92. The number of hydrogen-bond donors (Lipinski definition) is 1. The van der Waals surface area contributed by atoms with Gasteiger partial charge in [-0.25, -0.2) is 12.8 Å². The lowest BCUT2D eigenvalue weighted by Gasteiger charge is -2.32. The number of amides is 2. The zero-order valence-electron chi connectivity index (χ0n) is 21.6. The van der Waals surface area contributed by atoms with Crippen LogP contribution in [0.4, 0.5) is 10.1 Å². The fourth-order valence-corrected chi connectivity index (χ4v) is 5.27. The van der Waals surface area contributed by atoms with Gasteiger partial charge in [0.2, 0.25) is 11.8 Å². The summed E-state index contributed by atoms with van der Waals surface area (Å²) in [7, 11) is -4.17. The summed E-state index contributed by atoms with van der Waals surface area (Å²) in [4.78, 5) is 27.6. The van der Waals surface area contributed by atoms with Gasteiger partial charge in [0.15, 0.2) is 0 Å². The van der Waals surface area contributed by atoms with E-state index in [1.54, 1.807) is 55.5 Å². The molecule has 0 radical (unpaired) electrons. The van der Waals surface area contributed by atoms with Crippen LogP contribution >= 0.6 is 0 Å². The minimum Gasteiger partial charge on any atom is -0.494 e. The van der Waals surface area contributed by atoms with Crippen molar-refractivity contribution in [3.8, 4) is 5.75 Å². The average molecular weight is 542 g/mol. The average Bonchev–Trinajstić information content (AvgIpc) is 2.92. The molecule has 38 heavy (non-hydrogen) atoms. The summed E-state index contributed by atoms with van der Waals surface area (Å²) in [5.74, 6) is -1.09. The number of halogens is 1. The Morgan fingerprint density at radius 1 is 0.947 bits per heavy atom. The van der Waals surface area contributed by atoms with Gasteiger partial charge < -0.3 is 15.0 Å². The van der Waals surface area contributed by atoms with Crippen LogP contribution in [0.25, 0.3) is 0 Å². The summed E-state index contributed by atoms with van der Waals surface area (Å²) < 4.78 is 48.4. The highest BCUT2D eigenvalue weighted by Gasteiger charge is 2.32. The van der Waals surface area contributed by atoms with Gasteiger partial charge in [0.25, 0.3) is 10.0 Å². The quantitative estimate of drug-likeness (QED) is 0.374. The van der Waals surface area contributed by atoms with Crippen LogP contribution in [0.3, 0.4) is 0 Å². The van der Waals surface area contributed by atoms with Gasteiger partial charge in [-0.15, -0.1) is 0 Å². The van der Waals surface area contributed by atoms with Crippen LogP contribution in [0, 0.1) is 5.82 Å². The van der Waals surface area contributed by atoms with Crippen molar-refractivity contribution in [1.29, 1.82) is 0 Å². The maximum Gasteiger partial charge on any atom is 0.264 e. The molecule has 0 saturated carbocycles. The summed E-state index contributed by atoms with van der Waals surface area (Å²) in [6.07, 6.45) is 0. The van der Waals surface area contributed by atoms with Crippen molar-refractivity contribution in [2.45, 2.75) is 38.3 Å². The molecular weight excluding hydrogens is 509 g/mol. The molecule has 0 bridgehead atoms. The van der Waals surface area contributed by atoms with Crippen LogP contribution in [-0.2, 0) is 26.2 Å². The second-order valence-electron chi connectivity index (χ2n) is 8.44. The van der Waals surface area contributed by atoms with Crippen molar-refractivity contribution >= 4 is 27.5 Å². The third-order valence-corrected chi connectivity index (χ3v) is 7.65. The van der Waals surface area contributed by atoms with E-state index >= 15 is 0 Å². The number of likely N-dealkylation sites (N-methyl/N-ethyl adjacent to an activating group) is 1. The van der Waals surface area contributed by atoms with Crippen LogP contribution < -0.4 is 14.4 Å². The number of rotatable bonds is 12. The maximum atomic E-state index is 14.5. The second-order valence-corrected chi connectivity index (χ2v) is 10.3. The molecule has 0 heterocycles. The molecule has 0 aliphatic carbocycles. The molecule has 0 aliphatic heterocycles. The third-order valence-electron chi connectivity index (χ3n) is 5.86. The molecule has 0 aromatic heterocycles. The topological polar surface area (TPSA) is 96.0 Å². The number of ether oxygens (including phenoxy) is 1. The van der Waals surface area contributed by atoms with Crippen molar-refractivity contribution in [2.75, 3.05) is 24.0 Å². The molecule has 3 rings (SSSR count). The zero-order valence-corrected chi connectivity index (χ0v) is 22.4. The number of anilines is 1. The largest absolute Gasteiger partial charge is 0.494 e. The highest BCUT2D eigenvalue weighted by Crippen LogP contribution is 2.26. The molecule has 1 N–H and O–H groups in total. The van der Waals surface area contributed by atoms with Crippen molar-refractivity contribution in [2.24, 2.45) is 0 Å². The zero-order chi connectivity index (χ0) is 27.7. The van der Waals surface area contributed by atoms with Crippen LogP contribution in [0.5, 0.6) is 5.75 Å². The standard InChI is InChI=1S/C28H32FN3O5S/c1-4-30-28(34)21(3)31(19-22-11-9-10-14-26(22)29)27(33)20-32(23-15-17-24(18-16-23)37-5-2)38(35,36)25-12-7-6-8-13-25/h6-18,21H,4-5,19-20H2,1-3H3,(H,30,34)/t21-/m1/s1. The SMILES string of the molecule is CCNC(=O)[C@@H](C)N(Cc1ccccc1F)C(=O)CN(c1ccc(OCC)cc1)S(=O)(=O)c1ccccc1. The summed E-state index contributed by atoms with van der Waals surface area (Å²) in [6.45, 7) is 5.05. The van der Waals surface area contributed by atoms with Gasteiger partial charge in [-0.05, 0) is 63.2 Å². The Kier molecular flexibility index (Phi) is 9.84. The molecular formula is C28H32FN3O5S. The number of carbonyl (C=O) groups excluding carboxylic acids is 2. The molecule has 202 valence electrons. The Morgan fingerprint density at radius 2 is 1.58 bits per heavy atom. The number of benzene rings is 3. The van der Waals surface area contributed by atoms with E-state index in [0.717, 1.165) is 4.31 Å². The van der Waals surface area contributed by atoms with E-state index < -0.39 is 40.2 Å². The minimum absolute atomic E-state index is 0.000821. The first-order chi connectivity index (χ1) is 18.2. The predicted molar refractivity (Wildman–Crippen MR) is 144 cm³/mol. The lowest BCUT2D eigenvalue weighted by atomic mass is 10.1. The summed E-state index contributed by atoms with van der Waals surface area (Å²) >= 11 is 0. The molecule has 2 amide bonds. The van der Waals surface area contributed by atoms with Crippen molar-refractivity contribution < 1.29 is 27.1 Å². The van der Waals surface area contributed by atoms with E-state index in [1.165, 1.54) is 42.2 Å². The monoisotopic (exact) mass is 541 g/mol. The number of sulfonamides is 1. The van der Waals surface area contributed by atoms with E-state index in [0.29, 0.717) is 18.9 Å². The summed E-state index contributed by atoms with van der Waals surface area (Å²) in [5.41, 5.74) is 0.442. The molecule has 0 spiro atoms. The fourth-order valence-electron chi connectivity index (χ4n) is 3.84. The lowest BCUT2D eigenvalue weighted by Crippen LogP contribution is -2.51. The first kappa shape index (κ1) is 28.6. The number of carbonyl (C=O) groups is 2. The van der Waals surface area contributed by atoms with E-state index in [2.05, 4.69) is 5.32 Å². The van der Waals surface area contributed by atoms with E-state index in [1.807, 2.05) is 6.92 Å².